The van der Waals surface area contributed by atoms with Gasteiger partial charge in [-0.05, 0) is 56.0 Å². The topological polar surface area (TPSA) is 15.3 Å². The molecule has 2 aliphatic heterocycles. The first-order chi connectivity index (χ1) is 8.72. The van der Waals surface area contributed by atoms with E-state index in [4.69, 9.17) is 0 Å². The van der Waals surface area contributed by atoms with Crippen molar-refractivity contribution in [1.29, 1.82) is 0 Å². The third-order valence-corrected chi connectivity index (χ3v) is 4.49. The summed E-state index contributed by atoms with van der Waals surface area (Å²) in [5.41, 5.74) is 1.24. The molecule has 0 bridgehead atoms. The van der Waals surface area contributed by atoms with Crippen LogP contribution in [0.5, 0.6) is 0 Å². The van der Waals surface area contributed by atoms with E-state index < -0.39 is 0 Å². The normalized spacial score (nSPS) is 29.4. The van der Waals surface area contributed by atoms with Gasteiger partial charge in [0, 0.05) is 19.1 Å². The fourth-order valence-electron chi connectivity index (χ4n) is 3.34. The standard InChI is InChI=1S/C15H21FN2/c1-11(6-12-2-4-15(16)5-3-12)18-9-13-7-17-8-14(13)10-18/h2-5,11,13-14,17H,6-10H2,1H3/t11?,13-,14+. The molecule has 2 aliphatic rings. The van der Waals surface area contributed by atoms with E-state index in [1.54, 1.807) is 12.1 Å². The molecule has 0 aromatic heterocycles. The lowest BCUT2D eigenvalue weighted by Crippen LogP contribution is -2.35. The van der Waals surface area contributed by atoms with Gasteiger partial charge in [-0.1, -0.05) is 12.1 Å². The van der Waals surface area contributed by atoms with Gasteiger partial charge in [0.25, 0.3) is 0 Å². The van der Waals surface area contributed by atoms with E-state index >= 15 is 0 Å². The molecule has 0 radical (unpaired) electrons. The summed E-state index contributed by atoms with van der Waals surface area (Å²) in [5.74, 6) is 1.55. The van der Waals surface area contributed by atoms with Crippen molar-refractivity contribution in [3.8, 4) is 0 Å². The fourth-order valence-corrected chi connectivity index (χ4v) is 3.34. The zero-order valence-corrected chi connectivity index (χ0v) is 10.9. The molecule has 1 unspecified atom stereocenters. The van der Waals surface area contributed by atoms with E-state index in [1.165, 1.54) is 31.7 Å². The Balaban J connectivity index is 1.58. The van der Waals surface area contributed by atoms with Gasteiger partial charge in [-0.25, -0.2) is 4.39 Å². The van der Waals surface area contributed by atoms with Crippen molar-refractivity contribution in [2.75, 3.05) is 26.2 Å². The van der Waals surface area contributed by atoms with Crippen molar-refractivity contribution >= 4 is 0 Å². The monoisotopic (exact) mass is 248 g/mol. The van der Waals surface area contributed by atoms with Gasteiger partial charge in [-0.2, -0.15) is 0 Å². The molecule has 0 aliphatic carbocycles. The van der Waals surface area contributed by atoms with Crippen LogP contribution in [0.25, 0.3) is 0 Å². The molecule has 0 amide bonds. The van der Waals surface area contributed by atoms with E-state index in [2.05, 4.69) is 17.1 Å². The Bertz CT molecular complexity index is 391. The summed E-state index contributed by atoms with van der Waals surface area (Å²) < 4.78 is 12.9. The molecule has 2 heterocycles. The van der Waals surface area contributed by atoms with Gasteiger partial charge in [0.05, 0.1) is 0 Å². The van der Waals surface area contributed by atoms with Crippen molar-refractivity contribution in [2.45, 2.75) is 19.4 Å². The average Bonchev–Trinajstić information content (AvgIpc) is 2.92. The molecule has 98 valence electrons. The van der Waals surface area contributed by atoms with E-state index in [1.807, 2.05) is 12.1 Å². The smallest absolute Gasteiger partial charge is 0.123 e. The number of halogens is 1. The minimum absolute atomic E-state index is 0.145. The minimum Gasteiger partial charge on any atom is -0.316 e. The molecule has 2 nitrogen and oxygen atoms in total. The Hall–Kier alpha value is -0.930. The molecule has 0 saturated carbocycles. The number of hydrogen-bond donors (Lipinski definition) is 1. The Morgan fingerprint density at radius 3 is 2.44 bits per heavy atom. The van der Waals surface area contributed by atoms with Crippen molar-refractivity contribution in [3.63, 3.8) is 0 Å². The highest BCUT2D eigenvalue weighted by Crippen LogP contribution is 2.28. The van der Waals surface area contributed by atoms with Crippen molar-refractivity contribution in [1.82, 2.24) is 10.2 Å². The van der Waals surface area contributed by atoms with Gasteiger partial charge in [0.2, 0.25) is 0 Å². The second-order valence-electron chi connectivity index (χ2n) is 5.81. The highest BCUT2D eigenvalue weighted by molar-refractivity contribution is 5.17. The number of rotatable bonds is 3. The number of likely N-dealkylation sites (tertiary alicyclic amines) is 1. The lowest BCUT2D eigenvalue weighted by atomic mass is 10.0. The van der Waals surface area contributed by atoms with E-state index in [9.17, 15) is 4.39 Å². The lowest BCUT2D eigenvalue weighted by molar-refractivity contribution is 0.239. The van der Waals surface area contributed by atoms with Crippen LogP contribution in [-0.2, 0) is 6.42 Å². The molecule has 2 saturated heterocycles. The number of fused-ring (bicyclic) bond motifs is 1. The second kappa shape index (κ2) is 4.98. The molecule has 1 aromatic carbocycles. The van der Waals surface area contributed by atoms with Gasteiger partial charge in [0.1, 0.15) is 5.82 Å². The van der Waals surface area contributed by atoms with Crippen molar-refractivity contribution in [3.05, 3.63) is 35.6 Å². The highest BCUT2D eigenvalue weighted by atomic mass is 19.1. The predicted octanol–water partition coefficient (Wildman–Crippen LogP) is 1.91. The summed E-state index contributed by atoms with van der Waals surface area (Å²) in [4.78, 5) is 2.60. The highest BCUT2D eigenvalue weighted by Gasteiger charge is 2.37. The molecular formula is C15H21FN2. The third kappa shape index (κ3) is 2.43. The van der Waals surface area contributed by atoms with Crippen LogP contribution in [0.3, 0.4) is 0 Å². The maximum Gasteiger partial charge on any atom is 0.123 e. The van der Waals surface area contributed by atoms with Crippen molar-refractivity contribution in [2.24, 2.45) is 11.8 Å². The lowest BCUT2D eigenvalue weighted by Gasteiger charge is -2.25. The largest absolute Gasteiger partial charge is 0.316 e. The number of hydrogen-bond acceptors (Lipinski definition) is 2. The molecule has 1 N–H and O–H groups in total. The van der Waals surface area contributed by atoms with Gasteiger partial charge in [-0.15, -0.1) is 0 Å². The summed E-state index contributed by atoms with van der Waals surface area (Å²) in [7, 11) is 0. The summed E-state index contributed by atoms with van der Waals surface area (Å²) >= 11 is 0. The van der Waals surface area contributed by atoms with Gasteiger partial charge in [0.15, 0.2) is 0 Å². The molecule has 3 rings (SSSR count). The summed E-state index contributed by atoms with van der Waals surface area (Å²) in [6.07, 6.45) is 1.02. The van der Waals surface area contributed by atoms with Gasteiger partial charge in [-0.3, -0.25) is 4.90 Å². The maximum atomic E-state index is 12.9. The zero-order valence-electron chi connectivity index (χ0n) is 10.9. The van der Waals surface area contributed by atoms with Crippen LogP contribution in [-0.4, -0.2) is 37.1 Å². The Labute approximate surface area is 108 Å². The zero-order chi connectivity index (χ0) is 12.5. The molecule has 1 aromatic rings. The van der Waals surface area contributed by atoms with Crippen LogP contribution in [0.1, 0.15) is 12.5 Å². The van der Waals surface area contributed by atoms with Crippen LogP contribution < -0.4 is 5.32 Å². The Kier molecular flexibility index (Phi) is 3.35. The number of nitrogens with one attached hydrogen (secondary N) is 1. The van der Waals surface area contributed by atoms with E-state index in [0.717, 1.165) is 18.3 Å². The quantitative estimate of drug-likeness (QED) is 0.879. The van der Waals surface area contributed by atoms with Crippen LogP contribution in [0.15, 0.2) is 24.3 Å². The molecular weight excluding hydrogens is 227 g/mol. The first-order valence-electron chi connectivity index (χ1n) is 6.91. The van der Waals surface area contributed by atoms with Gasteiger partial charge >= 0.3 is 0 Å². The molecule has 0 spiro atoms. The third-order valence-electron chi connectivity index (χ3n) is 4.49. The van der Waals surface area contributed by atoms with Crippen LogP contribution in [0.2, 0.25) is 0 Å². The Morgan fingerprint density at radius 2 is 1.83 bits per heavy atom. The molecule has 3 heteroatoms. The van der Waals surface area contributed by atoms with Crippen LogP contribution in [0.4, 0.5) is 4.39 Å². The molecule has 2 fully saturated rings. The minimum atomic E-state index is -0.145. The second-order valence-corrected chi connectivity index (χ2v) is 5.81. The van der Waals surface area contributed by atoms with E-state index in [0.29, 0.717) is 6.04 Å². The molecule has 18 heavy (non-hydrogen) atoms. The van der Waals surface area contributed by atoms with E-state index in [-0.39, 0.29) is 5.82 Å². The number of nitrogens with zero attached hydrogens (tertiary/aromatic N) is 1. The van der Waals surface area contributed by atoms with Gasteiger partial charge < -0.3 is 5.32 Å². The average molecular weight is 248 g/mol. The predicted molar refractivity (Wildman–Crippen MR) is 71.0 cm³/mol. The Morgan fingerprint density at radius 1 is 1.22 bits per heavy atom. The van der Waals surface area contributed by atoms with Crippen LogP contribution >= 0.6 is 0 Å². The first kappa shape index (κ1) is 12.1. The fraction of sp³-hybridized carbons (Fsp3) is 0.600. The van der Waals surface area contributed by atoms with Crippen LogP contribution in [0, 0.1) is 17.7 Å². The maximum absolute atomic E-state index is 12.9. The summed E-state index contributed by atoms with van der Waals surface area (Å²) in [6, 6.07) is 7.49. The first-order valence-corrected chi connectivity index (χ1v) is 6.91. The summed E-state index contributed by atoms with van der Waals surface area (Å²) in [6.45, 7) is 7.10. The van der Waals surface area contributed by atoms with Crippen molar-refractivity contribution < 1.29 is 4.39 Å². The number of benzene rings is 1. The summed E-state index contributed by atoms with van der Waals surface area (Å²) in [5, 5.41) is 3.47. The SMILES string of the molecule is CC(Cc1ccc(F)cc1)N1C[C@H]2CNC[C@H]2C1. The molecule has 3 atom stereocenters.